The van der Waals surface area contributed by atoms with E-state index in [2.05, 4.69) is 15.9 Å². The van der Waals surface area contributed by atoms with Crippen LogP contribution in [0.5, 0.6) is 0 Å². The predicted molar refractivity (Wildman–Crippen MR) is 56.2 cm³/mol. The minimum Gasteiger partial charge on any atom is -0.166 e. The lowest BCUT2D eigenvalue weighted by atomic mass is 9.96. The molecule has 0 atom stereocenters. The van der Waals surface area contributed by atoms with Crippen LogP contribution < -0.4 is 0 Å². The van der Waals surface area contributed by atoms with Crippen molar-refractivity contribution in [2.45, 2.75) is 24.4 Å². The third kappa shape index (κ3) is 2.05. The standard InChI is InChI=1S/C11H10BrF3/c12-7-10(4-5-10)8-2-1-3-9(6-8)11(13,14)15/h1-3,6H,4-5,7H2. The second-order valence-corrected chi connectivity index (χ2v) is 4.55. The summed E-state index contributed by atoms with van der Waals surface area (Å²) in [4.78, 5) is 0. The summed E-state index contributed by atoms with van der Waals surface area (Å²) in [6.07, 6.45) is -2.29. The Balaban J connectivity index is 2.35. The van der Waals surface area contributed by atoms with E-state index < -0.39 is 11.7 Å². The molecule has 0 amide bonds. The fourth-order valence-corrected chi connectivity index (χ4v) is 2.56. The van der Waals surface area contributed by atoms with Gasteiger partial charge in [0.2, 0.25) is 0 Å². The normalized spacial score (nSPS) is 18.9. The van der Waals surface area contributed by atoms with Crippen LogP contribution >= 0.6 is 15.9 Å². The van der Waals surface area contributed by atoms with Crippen LogP contribution in [0.15, 0.2) is 24.3 Å². The average molecular weight is 279 g/mol. The molecule has 1 aliphatic carbocycles. The molecule has 15 heavy (non-hydrogen) atoms. The monoisotopic (exact) mass is 278 g/mol. The summed E-state index contributed by atoms with van der Waals surface area (Å²) < 4.78 is 37.4. The summed E-state index contributed by atoms with van der Waals surface area (Å²) in [6, 6.07) is 5.66. The van der Waals surface area contributed by atoms with Crippen LogP contribution in [0.2, 0.25) is 0 Å². The summed E-state index contributed by atoms with van der Waals surface area (Å²) >= 11 is 3.36. The van der Waals surface area contributed by atoms with Gasteiger partial charge in [-0.05, 0) is 24.5 Å². The largest absolute Gasteiger partial charge is 0.416 e. The van der Waals surface area contributed by atoms with E-state index in [1.807, 2.05) is 0 Å². The van der Waals surface area contributed by atoms with Crippen LogP contribution in [-0.2, 0) is 11.6 Å². The lowest BCUT2D eigenvalue weighted by molar-refractivity contribution is -0.137. The Bertz CT molecular complexity index is 366. The van der Waals surface area contributed by atoms with Crippen molar-refractivity contribution >= 4 is 15.9 Å². The van der Waals surface area contributed by atoms with Gasteiger partial charge in [-0.2, -0.15) is 13.2 Å². The average Bonchev–Trinajstić information content (AvgIpc) is 2.97. The van der Waals surface area contributed by atoms with Crippen molar-refractivity contribution < 1.29 is 13.2 Å². The van der Waals surface area contributed by atoms with Gasteiger partial charge in [-0.1, -0.05) is 34.1 Å². The van der Waals surface area contributed by atoms with E-state index in [9.17, 15) is 13.2 Å². The van der Waals surface area contributed by atoms with E-state index in [1.54, 1.807) is 6.07 Å². The Hall–Kier alpha value is -0.510. The topological polar surface area (TPSA) is 0 Å². The first-order valence-corrected chi connectivity index (χ1v) is 5.84. The highest BCUT2D eigenvalue weighted by Gasteiger charge is 2.44. The molecule has 1 aromatic carbocycles. The quantitative estimate of drug-likeness (QED) is 0.714. The zero-order valence-electron chi connectivity index (χ0n) is 7.94. The van der Waals surface area contributed by atoms with E-state index in [0.29, 0.717) is 0 Å². The zero-order chi connectivity index (χ0) is 11.1. The van der Waals surface area contributed by atoms with Gasteiger partial charge in [0.25, 0.3) is 0 Å². The Labute approximate surface area is 94.6 Å². The van der Waals surface area contributed by atoms with E-state index >= 15 is 0 Å². The van der Waals surface area contributed by atoms with Crippen molar-refractivity contribution in [3.63, 3.8) is 0 Å². The summed E-state index contributed by atoms with van der Waals surface area (Å²) in [5.74, 6) is 0. The molecule has 0 spiro atoms. The fraction of sp³-hybridized carbons (Fsp3) is 0.455. The molecule has 0 radical (unpaired) electrons. The maximum atomic E-state index is 12.5. The molecule has 1 aromatic rings. The molecule has 1 aliphatic rings. The second kappa shape index (κ2) is 3.51. The second-order valence-electron chi connectivity index (χ2n) is 3.99. The van der Waals surface area contributed by atoms with Crippen LogP contribution in [0, 0.1) is 0 Å². The molecule has 1 saturated carbocycles. The fourth-order valence-electron chi connectivity index (χ4n) is 1.68. The third-order valence-corrected chi connectivity index (χ3v) is 3.98. The number of halogens is 4. The Kier molecular flexibility index (Phi) is 2.57. The summed E-state index contributed by atoms with van der Waals surface area (Å²) in [6.45, 7) is 0. The van der Waals surface area contributed by atoms with Crippen molar-refractivity contribution in [3.8, 4) is 0 Å². The van der Waals surface area contributed by atoms with E-state index in [1.165, 1.54) is 12.1 Å². The van der Waals surface area contributed by atoms with Crippen molar-refractivity contribution in [1.82, 2.24) is 0 Å². The first-order valence-electron chi connectivity index (χ1n) is 4.72. The SMILES string of the molecule is FC(F)(F)c1cccc(C2(CBr)CC2)c1. The van der Waals surface area contributed by atoms with Gasteiger partial charge in [0.1, 0.15) is 0 Å². The number of benzene rings is 1. The lowest BCUT2D eigenvalue weighted by Crippen LogP contribution is -2.11. The maximum absolute atomic E-state index is 12.5. The molecule has 0 N–H and O–H groups in total. The Morgan fingerprint density at radius 3 is 2.40 bits per heavy atom. The molecule has 0 bridgehead atoms. The molecule has 0 aliphatic heterocycles. The summed E-state index contributed by atoms with van der Waals surface area (Å²) in [5.41, 5.74) is 0.211. The first-order chi connectivity index (χ1) is 6.98. The van der Waals surface area contributed by atoms with E-state index in [0.717, 1.165) is 29.8 Å². The molecule has 0 heterocycles. The third-order valence-electron chi connectivity index (χ3n) is 2.91. The van der Waals surface area contributed by atoms with Gasteiger partial charge in [0.15, 0.2) is 0 Å². The van der Waals surface area contributed by atoms with Crippen LogP contribution in [-0.4, -0.2) is 5.33 Å². The Morgan fingerprint density at radius 1 is 1.27 bits per heavy atom. The van der Waals surface area contributed by atoms with Crippen molar-refractivity contribution in [2.75, 3.05) is 5.33 Å². The van der Waals surface area contributed by atoms with Crippen molar-refractivity contribution in [2.24, 2.45) is 0 Å². The molecule has 0 saturated heterocycles. The molecular weight excluding hydrogens is 269 g/mol. The highest BCUT2D eigenvalue weighted by Crippen LogP contribution is 2.50. The van der Waals surface area contributed by atoms with Gasteiger partial charge in [0, 0.05) is 10.7 Å². The zero-order valence-corrected chi connectivity index (χ0v) is 9.53. The van der Waals surface area contributed by atoms with Gasteiger partial charge >= 0.3 is 6.18 Å². The number of alkyl halides is 4. The molecule has 0 unspecified atom stereocenters. The number of hydrogen-bond donors (Lipinski definition) is 0. The molecular formula is C11H10BrF3. The highest BCUT2D eigenvalue weighted by atomic mass is 79.9. The minimum absolute atomic E-state index is 0.0404. The smallest absolute Gasteiger partial charge is 0.166 e. The maximum Gasteiger partial charge on any atom is 0.416 e. The first kappa shape index (κ1) is 11.0. The van der Waals surface area contributed by atoms with Gasteiger partial charge in [-0.25, -0.2) is 0 Å². The van der Waals surface area contributed by atoms with E-state index in [4.69, 9.17) is 0 Å². The van der Waals surface area contributed by atoms with Gasteiger partial charge in [-0.3, -0.25) is 0 Å². The number of rotatable bonds is 2. The summed E-state index contributed by atoms with van der Waals surface area (Å²) in [7, 11) is 0. The minimum atomic E-state index is -4.24. The molecule has 0 nitrogen and oxygen atoms in total. The van der Waals surface area contributed by atoms with Gasteiger partial charge in [-0.15, -0.1) is 0 Å². The van der Waals surface area contributed by atoms with Gasteiger partial charge < -0.3 is 0 Å². The van der Waals surface area contributed by atoms with Gasteiger partial charge in [0.05, 0.1) is 5.56 Å². The molecule has 0 aromatic heterocycles. The molecule has 82 valence electrons. The molecule has 2 rings (SSSR count). The predicted octanol–water partition coefficient (Wildman–Crippen LogP) is 4.13. The number of hydrogen-bond acceptors (Lipinski definition) is 0. The van der Waals surface area contributed by atoms with Crippen LogP contribution in [0.1, 0.15) is 24.0 Å². The lowest BCUT2D eigenvalue weighted by Gasteiger charge is -2.14. The van der Waals surface area contributed by atoms with E-state index in [-0.39, 0.29) is 5.41 Å². The van der Waals surface area contributed by atoms with Crippen LogP contribution in [0.25, 0.3) is 0 Å². The molecule has 4 heteroatoms. The van der Waals surface area contributed by atoms with Crippen molar-refractivity contribution in [1.29, 1.82) is 0 Å². The van der Waals surface area contributed by atoms with Crippen LogP contribution in [0.3, 0.4) is 0 Å². The Morgan fingerprint density at radius 2 is 1.93 bits per heavy atom. The summed E-state index contributed by atoms with van der Waals surface area (Å²) in [5, 5.41) is 0.737. The highest BCUT2D eigenvalue weighted by molar-refractivity contribution is 9.09. The molecule has 1 fully saturated rings. The van der Waals surface area contributed by atoms with Crippen molar-refractivity contribution in [3.05, 3.63) is 35.4 Å². The van der Waals surface area contributed by atoms with Crippen LogP contribution in [0.4, 0.5) is 13.2 Å².